The van der Waals surface area contributed by atoms with Gasteiger partial charge in [0.25, 0.3) is 0 Å². The lowest BCUT2D eigenvalue weighted by Crippen LogP contribution is -2.24. The van der Waals surface area contributed by atoms with Gasteiger partial charge in [0.2, 0.25) is 5.91 Å². The van der Waals surface area contributed by atoms with Crippen LogP contribution in [0.15, 0.2) is 18.3 Å². The molecule has 0 aliphatic carbocycles. The van der Waals surface area contributed by atoms with Crippen molar-refractivity contribution < 1.29 is 19.4 Å². The summed E-state index contributed by atoms with van der Waals surface area (Å²) in [5.41, 5.74) is 5.78. The van der Waals surface area contributed by atoms with Crippen LogP contribution < -0.4 is 11.1 Å². The minimum absolute atomic E-state index is 0.0900. The second-order valence-electron chi connectivity index (χ2n) is 3.54. The van der Waals surface area contributed by atoms with E-state index >= 15 is 0 Å². The van der Waals surface area contributed by atoms with E-state index < -0.39 is 11.9 Å². The molecule has 0 aromatic carbocycles. The molecule has 7 nitrogen and oxygen atoms in total. The van der Waals surface area contributed by atoms with E-state index in [9.17, 15) is 9.59 Å². The number of carbonyl (C=O) groups is 2. The lowest BCUT2D eigenvalue weighted by Gasteiger charge is -2.04. The fraction of sp³-hybridized carbons (Fsp3) is 0.364. The van der Waals surface area contributed by atoms with E-state index in [1.54, 1.807) is 6.07 Å². The zero-order valence-corrected chi connectivity index (χ0v) is 9.76. The molecule has 0 atom stereocenters. The van der Waals surface area contributed by atoms with Crippen LogP contribution in [0.2, 0.25) is 0 Å². The Hall–Kier alpha value is -1.99. The number of aromatic nitrogens is 1. The molecule has 0 saturated carbocycles. The molecule has 0 saturated heterocycles. The van der Waals surface area contributed by atoms with Crippen molar-refractivity contribution >= 4 is 11.9 Å². The van der Waals surface area contributed by atoms with Crippen LogP contribution in [0.25, 0.3) is 0 Å². The summed E-state index contributed by atoms with van der Waals surface area (Å²) < 4.78 is 4.95. The first kappa shape index (κ1) is 14.1. The number of aromatic carboxylic acids is 1. The number of carbonyl (C=O) groups excluding carboxylic acids is 1. The maximum atomic E-state index is 10.6. The number of nitrogens with one attached hydrogen (secondary N) is 1. The van der Waals surface area contributed by atoms with Gasteiger partial charge in [-0.1, -0.05) is 0 Å². The third-order valence-corrected chi connectivity index (χ3v) is 2.05. The van der Waals surface area contributed by atoms with Gasteiger partial charge >= 0.3 is 5.97 Å². The lowest BCUT2D eigenvalue weighted by molar-refractivity contribution is -0.122. The van der Waals surface area contributed by atoms with Crippen LogP contribution in [0.3, 0.4) is 0 Å². The number of ether oxygens (including phenoxy) is 1. The van der Waals surface area contributed by atoms with Gasteiger partial charge in [0.1, 0.15) is 6.61 Å². The molecule has 1 amide bonds. The lowest BCUT2D eigenvalue weighted by atomic mass is 10.2. The van der Waals surface area contributed by atoms with Gasteiger partial charge in [-0.2, -0.15) is 0 Å². The molecular weight excluding hydrogens is 238 g/mol. The Kier molecular flexibility index (Phi) is 5.75. The zero-order valence-electron chi connectivity index (χ0n) is 9.76. The molecule has 0 aliphatic heterocycles. The number of rotatable bonds is 8. The molecule has 1 heterocycles. The molecule has 0 fully saturated rings. The van der Waals surface area contributed by atoms with Crippen LogP contribution in [0, 0.1) is 0 Å². The Bertz CT molecular complexity index is 405. The fourth-order valence-corrected chi connectivity index (χ4v) is 1.19. The molecule has 1 rings (SSSR count). The molecule has 1 aromatic rings. The summed E-state index contributed by atoms with van der Waals surface area (Å²) in [6.45, 7) is 1.33. The molecule has 7 heteroatoms. The maximum absolute atomic E-state index is 10.6. The Morgan fingerprint density at radius 1 is 1.44 bits per heavy atom. The van der Waals surface area contributed by atoms with Crippen LogP contribution in [0.1, 0.15) is 16.1 Å². The third-order valence-electron chi connectivity index (χ3n) is 2.05. The van der Waals surface area contributed by atoms with E-state index in [2.05, 4.69) is 10.3 Å². The van der Waals surface area contributed by atoms with Gasteiger partial charge in [0.15, 0.2) is 0 Å². The van der Waals surface area contributed by atoms with Gasteiger partial charge in [-0.05, 0) is 12.1 Å². The highest BCUT2D eigenvalue weighted by Crippen LogP contribution is 1.99. The molecule has 0 bridgehead atoms. The predicted octanol–water partition coefficient (Wildman–Crippen LogP) is -0.629. The number of carboxylic acids is 1. The number of carboxylic acid groups (broad SMARTS) is 1. The van der Waals surface area contributed by atoms with Gasteiger partial charge in [0.05, 0.1) is 17.9 Å². The monoisotopic (exact) mass is 253 g/mol. The highest BCUT2D eigenvalue weighted by atomic mass is 16.5. The summed E-state index contributed by atoms with van der Waals surface area (Å²) in [4.78, 5) is 24.9. The number of pyridine rings is 1. The number of nitrogens with zero attached hydrogens (tertiary/aromatic N) is 1. The summed E-state index contributed by atoms with van der Waals surface area (Å²) >= 11 is 0. The largest absolute Gasteiger partial charge is 0.478 e. The summed E-state index contributed by atoms with van der Waals surface area (Å²) in [6.07, 6.45) is 1.31. The van der Waals surface area contributed by atoms with Crippen LogP contribution in [0.4, 0.5) is 0 Å². The van der Waals surface area contributed by atoms with E-state index in [4.69, 9.17) is 15.6 Å². The Morgan fingerprint density at radius 2 is 2.22 bits per heavy atom. The SMILES string of the molecule is NC(=O)COCCNCc1ccc(C(=O)O)cn1. The first-order valence-corrected chi connectivity index (χ1v) is 5.34. The number of hydrogen-bond donors (Lipinski definition) is 3. The molecular formula is C11H15N3O4. The van der Waals surface area contributed by atoms with E-state index in [1.807, 2.05) is 0 Å². The standard InChI is InChI=1S/C11H15N3O4/c12-10(15)7-18-4-3-13-6-9-2-1-8(5-14-9)11(16)17/h1-2,5,13H,3-4,6-7H2,(H2,12,15)(H,16,17). The van der Waals surface area contributed by atoms with Gasteiger partial charge in [-0.3, -0.25) is 9.78 Å². The Morgan fingerprint density at radius 3 is 2.78 bits per heavy atom. The summed E-state index contributed by atoms with van der Waals surface area (Å²) in [7, 11) is 0. The van der Waals surface area contributed by atoms with Crippen molar-refractivity contribution in [1.82, 2.24) is 10.3 Å². The van der Waals surface area contributed by atoms with Crippen molar-refractivity contribution in [2.24, 2.45) is 5.73 Å². The average molecular weight is 253 g/mol. The molecule has 98 valence electrons. The number of primary amides is 1. The summed E-state index contributed by atoms with van der Waals surface area (Å²) in [5.74, 6) is -1.50. The van der Waals surface area contributed by atoms with Gasteiger partial charge in [-0.15, -0.1) is 0 Å². The number of hydrogen-bond acceptors (Lipinski definition) is 5. The van der Waals surface area contributed by atoms with E-state index in [0.29, 0.717) is 19.7 Å². The molecule has 0 radical (unpaired) electrons. The van der Waals surface area contributed by atoms with Crippen LogP contribution >= 0.6 is 0 Å². The van der Waals surface area contributed by atoms with Crippen molar-refractivity contribution in [3.05, 3.63) is 29.6 Å². The second-order valence-corrected chi connectivity index (χ2v) is 3.54. The predicted molar refractivity (Wildman–Crippen MR) is 62.9 cm³/mol. The Balaban J connectivity index is 2.19. The molecule has 18 heavy (non-hydrogen) atoms. The first-order valence-electron chi connectivity index (χ1n) is 5.34. The molecule has 0 unspecified atom stereocenters. The van der Waals surface area contributed by atoms with Crippen LogP contribution in [0.5, 0.6) is 0 Å². The smallest absolute Gasteiger partial charge is 0.337 e. The third kappa shape index (κ3) is 5.37. The highest BCUT2D eigenvalue weighted by Gasteiger charge is 2.02. The summed E-state index contributed by atoms with van der Waals surface area (Å²) in [5, 5.41) is 11.7. The van der Waals surface area contributed by atoms with Gasteiger partial charge < -0.3 is 20.9 Å². The molecule has 4 N–H and O–H groups in total. The number of nitrogens with two attached hydrogens (primary N) is 1. The average Bonchev–Trinajstić information content (AvgIpc) is 2.34. The minimum Gasteiger partial charge on any atom is -0.478 e. The Labute approximate surface area is 104 Å². The quantitative estimate of drug-likeness (QED) is 0.531. The van der Waals surface area contributed by atoms with Crippen molar-refractivity contribution in [2.75, 3.05) is 19.8 Å². The van der Waals surface area contributed by atoms with E-state index in [-0.39, 0.29) is 12.2 Å². The fourth-order valence-electron chi connectivity index (χ4n) is 1.19. The van der Waals surface area contributed by atoms with Crippen LogP contribution in [-0.2, 0) is 16.1 Å². The van der Waals surface area contributed by atoms with Gasteiger partial charge in [-0.25, -0.2) is 4.79 Å². The first-order chi connectivity index (χ1) is 8.59. The number of amides is 1. The topological polar surface area (TPSA) is 115 Å². The van der Waals surface area contributed by atoms with E-state index in [1.165, 1.54) is 12.3 Å². The minimum atomic E-state index is -0.998. The zero-order chi connectivity index (χ0) is 13.4. The van der Waals surface area contributed by atoms with Crippen LogP contribution in [-0.4, -0.2) is 41.7 Å². The van der Waals surface area contributed by atoms with E-state index in [0.717, 1.165) is 5.69 Å². The van der Waals surface area contributed by atoms with Crippen molar-refractivity contribution in [3.8, 4) is 0 Å². The molecule has 0 aliphatic rings. The van der Waals surface area contributed by atoms with Crippen molar-refractivity contribution in [1.29, 1.82) is 0 Å². The van der Waals surface area contributed by atoms with Crippen molar-refractivity contribution in [2.45, 2.75) is 6.54 Å². The van der Waals surface area contributed by atoms with Crippen molar-refractivity contribution in [3.63, 3.8) is 0 Å². The normalized spacial score (nSPS) is 10.2. The second kappa shape index (κ2) is 7.36. The molecule has 0 spiro atoms. The highest BCUT2D eigenvalue weighted by molar-refractivity contribution is 5.87. The maximum Gasteiger partial charge on any atom is 0.337 e. The summed E-state index contributed by atoms with van der Waals surface area (Å²) in [6, 6.07) is 3.14. The molecule has 1 aromatic heterocycles. The van der Waals surface area contributed by atoms with Gasteiger partial charge in [0, 0.05) is 19.3 Å².